The van der Waals surface area contributed by atoms with Gasteiger partial charge < -0.3 is 9.32 Å². The molecule has 1 aromatic heterocycles. The lowest BCUT2D eigenvalue weighted by Gasteiger charge is -2.28. The molecule has 8 aromatic carbocycles. The maximum absolute atomic E-state index is 6.46. The van der Waals surface area contributed by atoms with Crippen LogP contribution in [0.1, 0.15) is 0 Å². The Morgan fingerprint density at radius 2 is 0.827 bits per heavy atom. The molecule has 0 N–H and O–H groups in total. The molecule has 0 aliphatic rings. The summed E-state index contributed by atoms with van der Waals surface area (Å²) in [6, 6.07) is 75.2. The summed E-state index contributed by atoms with van der Waals surface area (Å²) < 4.78 is 6.46. The summed E-state index contributed by atoms with van der Waals surface area (Å²) in [6.07, 6.45) is 0. The minimum Gasteiger partial charge on any atom is -0.456 e. The lowest BCUT2D eigenvalue weighted by molar-refractivity contribution is 0.631. The molecule has 0 atom stereocenters. The molecule has 0 saturated carbocycles. The lowest BCUT2D eigenvalue weighted by atomic mass is 9.89. The van der Waals surface area contributed by atoms with Crippen molar-refractivity contribution in [2.75, 3.05) is 4.90 Å². The van der Waals surface area contributed by atoms with E-state index in [1.807, 2.05) is 12.1 Å². The van der Waals surface area contributed by atoms with Crippen LogP contribution < -0.4 is 4.90 Å². The van der Waals surface area contributed by atoms with Gasteiger partial charge in [0.15, 0.2) is 0 Å². The van der Waals surface area contributed by atoms with E-state index in [1.165, 1.54) is 33.4 Å². The van der Waals surface area contributed by atoms with E-state index in [1.54, 1.807) is 0 Å². The van der Waals surface area contributed by atoms with Gasteiger partial charge in [0.2, 0.25) is 0 Å². The second-order valence-corrected chi connectivity index (χ2v) is 12.9. The summed E-state index contributed by atoms with van der Waals surface area (Å²) in [7, 11) is 0. The summed E-state index contributed by atoms with van der Waals surface area (Å²) in [5.74, 6) is 0.837. The van der Waals surface area contributed by atoms with Gasteiger partial charge in [-0.3, -0.25) is 0 Å². The van der Waals surface area contributed by atoms with E-state index in [4.69, 9.17) is 4.42 Å². The van der Waals surface area contributed by atoms with Crippen LogP contribution in [0, 0.1) is 0 Å². The summed E-state index contributed by atoms with van der Waals surface area (Å²) in [6.45, 7) is 0. The summed E-state index contributed by atoms with van der Waals surface area (Å²) >= 11 is 0. The van der Waals surface area contributed by atoms with Crippen LogP contribution >= 0.6 is 0 Å². The zero-order valence-corrected chi connectivity index (χ0v) is 28.6. The maximum atomic E-state index is 6.46. The van der Waals surface area contributed by atoms with Gasteiger partial charge in [-0.1, -0.05) is 164 Å². The van der Waals surface area contributed by atoms with E-state index in [0.29, 0.717) is 0 Å². The van der Waals surface area contributed by atoms with Gasteiger partial charge in [-0.2, -0.15) is 0 Å². The fraction of sp³-hybridized carbons (Fsp3) is 0. The van der Waals surface area contributed by atoms with Crippen LogP contribution in [0.4, 0.5) is 17.1 Å². The zero-order valence-electron chi connectivity index (χ0n) is 28.6. The smallest absolute Gasteiger partial charge is 0.137 e. The number of fused-ring (bicyclic) bond motifs is 1. The number of benzene rings is 8. The van der Waals surface area contributed by atoms with Crippen LogP contribution in [0.2, 0.25) is 0 Å². The molecule has 0 radical (unpaired) electrons. The first-order chi connectivity index (χ1) is 25.8. The number of anilines is 3. The van der Waals surface area contributed by atoms with E-state index in [-0.39, 0.29) is 0 Å². The van der Waals surface area contributed by atoms with Gasteiger partial charge in [0.05, 0.1) is 5.69 Å². The molecule has 0 aliphatic heterocycles. The Morgan fingerprint density at radius 3 is 1.50 bits per heavy atom. The first kappa shape index (κ1) is 31.1. The molecule has 0 spiro atoms. The van der Waals surface area contributed by atoms with Crippen molar-refractivity contribution in [3.05, 3.63) is 212 Å². The molecule has 1 heterocycles. The number of hydrogen-bond acceptors (Lipinski definition) is 2. The predicted molar refractivity (Wildman–Crippen MR) is 218 cm³/mol. The van der Waals surface area contributed by atoms with E-state index >= 15 is 0 Å². The number of nitrogens with zero attached hydrogens (tertiary/aromatic N) is 1. The average Bonchev–Trinajstić information content (AvgIpc) is 3.67. The second-order valence-electron chi connectivity index (χ2n) is 12.9. The standard InChI is InChI=1S/C50H35NO/c1-3-16-36(17-4-1)39-21-15-22-42(34-39)51(48-28-13-12-27-47(48)50-35-40-20-7-14-29-49(40)52-50)41-32-30-38(31-33-41)44-24-9-11-26-46(44)45-25-10-8-23-43(45)37-18-5-2-6-19-37/h1-35H. The molecule has 2 nitrogen and oxygen atoms in total. The monoisotopic (exact) mass is 665 g/mol. The second kappa shape index (κ2) is 13.8. The van der Waals surface area contributed by atoms with Crippen LogP contribution in [0.3, 0.4) is 0 Å². The fourth-order valence-electron chi connectivity index (χ4n) is 7.22. The molecular weight excluding hydrogens is 631 g/mol. The van der Waals surface area contributed by atoms with Crippen molar-refractivity contribution >= 4 is 28.0 Å². The highest BCUT2D eigenvalue weighted by molar-refractivity contribution is 5.94. The Hall–Kier alpha value is -6.90. The molecule has 0 unspecified atom stereocenters. The van der Waals surface area contributed by atoms with Crippen molar-refractivity contribution in [1.82, 2.24) is 0 Å². The summed E-state index contributed by atoms with van der Waals surface area (Å²) in [4.78, 5) is 2.34. The molecule has 0 saturated heterocycles. The molecule has 0 fully saturated rings. The van der Waals surface area contributed by atoms with Gasteiger partial charge in [0.25, 0.3) is 0 Å². The third-order valence-corrected chi connectivity index (χ3v) is 9.71. The van der Waals surface area contributed by atoms with E-state index in [0.717, 1.165) is 50.5 Å². The number of para-hydroxylation sites is 2. The predicted octanol–water partition coefficient (Wildman–Crippen LogP) is 14.2. The van der Waals surface area contributed by atoms with Crippen molar-refractivity contribution < 1.29 is 4.42 Å². The topological polar surface area (TPSA) is 16.4 Å². The average molecular weight is 666 g/mol. The Labute approximate surface area is 304 Å². The third-order valence-electron chi connectivity index (χ3n) is 9.71. The van der Waals surface area contributed by atoms with Gasteiger partial charge in [0.1, 0.15) is 11.3 Å². The molecule has 2 heteroatoms. The van der Waals surface area contributed by atoms with E-state index in [2.05, 4.69) is 205 Å². The van der Waals surface area contributed by atoms with Gasteiger partial charge in [0, 0.05) is 22.3 Å². The number of hydrogen-bond donors (Lipinski definition) is 0. The molecule has 0 amide bonds. The van der Waals surface area contributed by atoms with Crippen LogP contribution in [0.5, 0.6) is 0 Å². The summed E-state index contributed by atoms with van der Waals surface area (Å²) in [5, 5.41) is 1.08. The largest absolute Gasteiger partial charge is 0.456 e. The Morgan fingerprint density at radius 1 is 0.308 bits per heavy atom. The quantitative estimate of drug-likeness (QED) is 0.161. The minimum atomic E-state index is 0.837. The highest BCUT2D eigenvalue weighted by Crippen LogP contribution is 2.44. The Kier molecular flexibility index (Phi) is 8.24. The van der Waals surface area contributed by atoms with Crippen LogP contribution in [0.15, 0.2) is 217 Å². The van der Waals surface area contributed by atoms with Crippen molar-refractivity contribution in [3.8, 4) is 55.8 Å². The molecular formula is C50H35NO. The molecule has 246 valence electrons. The van der Waals surface area contributed by atoms with Crippen molar-refractivity contribution in [2.45, 2.75) is 0 Å². The van der Waals surface area contributed by atoms with Crippen LogP contribution in [-0.4, -0.2) is 0 Å². The van der Waals surface area contributed by atoms with Crippen LogP contribution in [0.25, 0.3) is 66.8 Å². The third kappa shape index (κ3) is 5.97. The molecule has 0 bridgehead atoms. The molecule has 9 aromatic rings. The molecule has 52 heavy (non-hydrogen) atoms. The number of furan rings is 1. The van der Waals surface area contributed by atoms with Crippen molar-refractivity contribution in [1.29, 1.82) is 0 Å². The number of rotatable bonds is 8. The highest BCUT2D eigenvalue weighted by Gasteiger charge is 2.20. The zero-order chi connectivity index (χ0) is 34.7. The minimum absolute atomic E-state index is 0.837. The lowest BCUT2D eigenvalue weighted by Crippen LogP contribution is -2.11. The van der Waals surface area contributed by atoms with Crippen LogP contribution in [-0.2, 0) is 0 Å². The Bertz CT molecular complexity index is 2590. The Balaban J connectivity index is 1.17. The van der Waals surface area contributed by atoms with Gasteiger partial charge in [-0.05, 0) is 93.0 Å². The van der Waals surface area contributed by atoms with E-state index in [9.17, 15) is 0 Å². The highest BCUT2D eigenvalue weighted by atomic mass is 16.3. The summed E-state index contributed by atoms with van der Waals surface area (Å²) in [5.41, 5.74) is 14.6. The fourth-order valence-corrected chi connectivity index (χ4v) is 7.22. The first-order valence-corrected chi connectivity index (χ1v) is 17.7. The SMILES string of the molecule is c1ccc(-c2cccc(N(c3ccc(-c4ccccc4-c4ccccc4-c4ccccc4)cc3)c3ccccc3-c3cc4ccccc4o3)c2)cc1. The molecule has 0 aliphatic carbocycles. The normalized spacial score (nSPS) is 11.1. The van der Waals surface area contributed by atoms with Gasteiger partial charge >= 0.3 is 0 Å². The van der Waals surface area contributed by atoms with Crippen molar-refractivity contribution in [2.24, 2.45) is 0 Å². The van der Waals surface area contributed by atoms with Gasteiger partial charge in [-0.25, -0.2) is 0 Å². The van der Waals surface area contributed by atoms with E-state index < -0.39 is 0 Å². The van der Waals surface area contributed by atoms with Crippen molar-refractivity contribution in [3.63, 3.8) is 0 Å². The molecule has 9 rings (SSSR count). The first-order valence-electron chi connectivity index (χ1n) is 17.7. The maximum Gasteiger partial charge on any atom is 0.137 e. The van der Waals surface area contributed by atoms with Gasteiger partial charge in [-0.15, -0.1) is 0 Å².